The topological polar surface area (TPSA) is 58.2 Å². The molecular weight excluding hydrogens is 280 g/mol. The van der Waals surface area contributed by atoms with Gasteiger partial charge in [0.15, 0.2) is 0 Å². The first-order valence-corrected chi connectivity index (χ1v) is 9.15. The zero-order valence-electron chi connectivity index (χ0n) is 11.5. The third-order valence-corrected chi connectivity index (χ3v) is 5.80. The van der Waals surface area contributed by atoms with Gasteiger partial charge in [-0.2, -0.15) is 0 Å². The highest BCUT2D eigenvalue weighted by atomic mass is 32.2. The molecule has 0 atom stereocenters. The summed E-state index contributed by atoms with van der Waals surface area (Å²) in [4.78, 5) is 1.31. The highest BCUT2D eigenvalue weighted by Gasteiger charge is 2.23. The van der Waals surface area contributed by atoms with Gasteiger partial charge in [-0.05, 0) is 23.8 Å². The number of nitrogens with one attached hydrogen (secondary N) is 2. The quantitative estimate of drug-likeness (QED) is 0.775. The summed E-state index contributed by atoms with van der Waals surface area (Å²) in [5.74, 6) is 0.743. The molecule has 0 radical (unpaired) electrons. The molecule has 2 N–H and O–H groups in total. The maximum atomic E-state index is 12.2. The Kier molecular flexibility index (Phi) is 5.00. The minimum Gasteiger partial charge on any atom is -0.310 e. The van der Waals surface area contributed by atoms with E-state index in [1.807, 2.05) is 5.38 Å². The fraction of sp³-hybridized carbons (Fsp3) is 0.692. The van der Waals surface area contributed by atoms with Crippen LogP contribution in [0.1, 0.15) is 38.0 Å². The first-order valence-electron chi connectivity index (χ1n) is 6.78. The summed E-state index contributed by atoms with van der Waals surface area (Å²) in [5, 5.41) is 5.10. The number of sulfonamides is 1. The first-order chi connectivity index (χ1) is 8.99. The van der Waals surface area contributed by atoms with Crippen molar-refractivity contribution in [3.05, 3.63) is 16.3 Å². The standard InChI is InChI=1S/C13H22N2O2S2/c1-10(2)14-9-12-13(6-8-18-12)19(16,17)15-7-5-11-3-4-11/h6,8,10-11,14-15H,3-5,7,9H2,1-2H3. The molecular formula is C13H22N2O2S2. The van der Waals surface area contributed by atoms with Crippen molar-refractivity contribution in [3.63, 3.8) is 0 Å². The van der Waals surface area contributed by atoms with Crippen molar-refractivity contribution in [2.24, 2.45) is 5.92 Å². The van der Waals surface area contributed by atoms with Crippen molar-refractivity contribution in [3.8, 4) is 0 Å². The van der Waals surface area contributed by atoms with E-state index in [4.69, 9.17) is 0 Å². The lowest BCUT2D eigenvalue weighted by Gasteiger charge is -2.10. The summed E-state index contributed by atoms with van der Waals surface area (Å²) < 4.78 is 27.2. The summed E-state index contributed by atoms with van der Waals surface area (Å²) >= 11 is 1.49. The molecule has 0 amide bonds. The van der Waals surface area contributed by atoms with Gasteiger partial charge in [0.25, 0.3) is 0 Å². The van der Waals surface area contributed by atoms with E-state index in [1.165, 1.54) is 24.2 Å². The normalized spacial score (nSPS) is 16.2. The second kappa shape index (κ2) is 6.35. The lowest BCUT2D eigenvalue weighted by atomic mass is 10.3. The molecule has 1 fully saturated rings. The molecule has 6 heteroatoms. The van der Waals surface area contributed by atoms with Crippen LogP contribution in [0.2, 0.25) is 0 Å². The fourth-order valence-corrected chi connectivity index (χ4v) is 4.32. The predicted molar refractivity (Wildman–Crippen MR) is 78.8 cm³/mol. The van der Waals surface area contributed by atoms with E-state index < -0.39 is 10.0 Å². The minimum atomic E-state index is -3.34. The Morgan fingerprint density at radius 2 is 2.16 bits per heavy atom. The number of hydrogen-bond donors (Lipinski definition) is 2. The van der Waals surface area contributed by atoms with Crippen LogP contribution in [0.15, 0.2) is 16.3 Å². The molecule has 1 saturated carbocycles. The van der Waals surface area contributed by atoms with Crippen LogP contribution in [0.3, 0.4) is 0 Å². The zero-order chi connectivity index (χ0) is 13.9. The Hall–Kier alpha value is -0.430. The van der Waals surface area contributed by atoms with Gasteiger partial charge in [0.1, 0.15) is 0 Å². The molecule has 1 aromatic heterocycles. The summed E-state index contributed by atoms with van der Waals surface area (Å²) in [7, 11) is -3.34. The van der Waals surface area contributed by atoms with Gasteiger partial charge < -0.3 is 5.32 Å². The van der Waals surface area contributed by atoms with Gasteiger partial charge in [0.2, 0.25) is 10.0 Å². The van der Waals surface area contributed by atoms with Gasteiger partial charge in [-0.3, -0.25) is 0 Å². The van der Waals surface area contributed by atoms with Crippen LogP contribution < -0.4 is 10.0 Å². The van der Waals surface area contributed by atoms with Gasteiger partial charge in [0, 0.05) is 24.0 Å². The Morgan fingerprint density at radius 3 is 2.79 bits per heavy atom. The van der Waals surface area contributed by atoms with Crippen LogP contribution in [-0.4, -0.2) is 21.0 Å². The van der Waals surface area contributed by atoms with Gasteiger partial charge in [0.05, 0.1) is 4.90 Å². The molecule has 1 heterocycles. The SMILES string of the molecule is CC(C)NCc1sccc1S(=O)(=O)NCCC1CC1. The van der Waals surface area contributed by atoms with Crippen molar-refractivity contribution in [1.82, 2.24) is 10.0 Å². The van der Waals surface area contributed by atoms with Crippen LogP contribution >= 0.6 is 11.3 Å². The van der Waals surface area contributed by atoms with Crippen LogP contribution in [0.4, 0.5) is 0 Å². The maximum Gasteiger partial charge on any atom is 0.241 e. The molecule has 2 rings (SSSR count). The Bertz CT molecular complexity index is 504. The second-order valence-electron chi connectivity index (χ2n) is 5.37. The summed E-state index contributed by atoms with van der Waals surface area (Å²) in [6.07, 6.45) is 3.47. The van der Waals surface area contributed by atoms with E-state index >= 15 is 0 Å². The summed E-state index contributed by atoms with van der Waals surface area (Å²) in [5.41, 5.74) is 0. The number of thiophene rings is 1. The monoisotopic (exact) mass is 302 g/mol. The third kappa shape index (κ3) is 4.56. The molecule has 1 aromatic rings. The lowest BCUT2D eigenvalue weighted by Crippen LogP contribution is -2.27. The van der Waals surface area contributed by atoms with Crippen molar-refractivity contribution in [1.29, 1.82) is 0 Å². The van der Waals surface area contributed by atoms with Crippen molar-refractivity contribution >= 4 is 21.4 Å². The van der Waals surface area contributed by atoms with Crippen LogP contribution in [0.5, 0.6) is 0 Å². The van der Waals surface area contributed by atoms with Crippen molar-refractivity contribution in [2.45, 2.75) is 50.6 Å². The summed E-state index contributed by atoms with van der Waals surface area (Å²) in [6.45, 7) is 5.26. The molecule has 0 bridgehead atoms. The van der Waals surface area contributed by atoms with E-state index in [1.54, 1.807) is 6.07 Å². The Morgan fingerprint density at radius 1 is 1.42 bits per heavy atom. The van der Waals surface area contributed by atoms with Gasteiger partial charge in [-0.15, -0.1) is 11.3 Å². The van der Waals surface area contributed by atoms with E-state index in [0.717, 1.165) is 17.2 Å². The molecule has 0 unspecified atom stereocenters. The predicted octanol–water partition coefficient (Wildman–Crippen LogP) is 2.32. The molecule has 0 saturated heterocycles. The van der Waals surface area contributed by atoms with Crippen molar-refractivity contribution in [2.75, 3.05) is 6.54 Å². The third-order valence-electron chi connectivity index (χ3n) is 3.21. The smallest absolute Gasteiger partial charge is 0.241 e. The largest absolute Gasteiger partial charge is 0.310 e. The van der Waals surface area contributed by atoms with E-state index in [2.05, 4.69) is 23.9 Å². The number of hydrogen-bond acceptors (Lipinski definition) is 4. The van der Waals surface area contributed by atoms with E-state index in [9.17, 15) is 8.42 Å². The number of rotatable bonds is 8. The van der Waals surface area contributed by atoms with E-state index in [0.29, 0.717) is 24.0 Å². The average Bonchev–Trinajstić information content (AvgIpc) is 3.02. The molecule has 0 aliphatic heterocycles. The molecule has 1 aliphatic carbocycles. The van der Waals surface area contributed by atoms with Gasteiger partial charge in [-0.25, -0.2) is 13.1 Å². The molecule has 1 aliphatic rings. The highest BCUT2D eigenvalue weighted by Crippen LogP contribution is 2.32. The minimum absolute atomic E-state index is 0.348. The average molecular weight is 302 g/mol. The van der Waals surface area contributed by atoms with Gasteiger partial charge in [-0.1, -0.05) is 26.7 Å². The molecule has 108 valence electrons. The molecule has 0 spiro atoms. The molecule has 0 aromatic carbocycles. The zero-order valence-corrected chi connectivity index (χ0v) is 13.1. The lowest BCUT2D eigenvalue weighted by molar-refractivity contribution is 0.567. The fourth-order valence-electron chi connectivity index (χ4n) is 1.88. The first kappa shape index (κ1) is 15.0. The van der Waals surface area contributed by atoms with Crippen LogP contribution in [-0.2, 0) is 16.6 Å². The highest BCUT2D eigenvalue weighted by molar-refractivity contribution is 7.89. The van der Waals surface area contributed by atoms with E-state index in [-0.39, 0.29) is 0 Å². The molecule has 4 nitrogen and oxygen atoms in total. The van der Waals surface area contributed by atoms with Crippen molar-refractivity contribution < 1.29 is 8.42 Å². The van der Waals surface area contributed by atoms with Crippen LogP contribution in [0.25, 0.3) is 0 Å². The molecule has 19 heavy (non-hydrogen) atoms. The van der Waals surface area contributed by atoms with Crippen LogP contribution in [0, 0.1) is 5.92 Å². The maximum absolute atomic E-state index is 12.2. The Balaban J connectivity index is 1.96. The Labute approximate surface area is 119 Å². The second-order valence-corrected chi connectivity index (χ2v) is 8.11. The summed E-state index contributed by atoms with van der Waals surface area (Å²) in [6, 6.07) is 2.04. The van der Waals surface area contributed by atoms with Gasteiger partial charge >= 0.3 is 0 Å².